The molecule has 4 heterocycles. The van der Waals surface area contributed by atoms with Gasteiger partial charge in [-0.25, -0.2) is 19.4 Å². The number of imidazole rings is 1. The molecule has 0 atom stereocenters. The van der Waals surface area contributed by atoms with E-state index < -0.39 is 6.09 Å². The Balaban J connectivity index is 1.41. The van der Waals surface area contributed by atoms with E-state index in [2.05, 4.69) is 36.2 Å². The molecule has 6 rings (SSSR count). The number of hydrogen-bond donors (Lipinski definition) is 1. The van der Waals surface area contributed by atoms with Crippen LogP contribution < -0.4 is 5.32 Å². The first kappa shape index (κ1) is 26.8. The Labute approximate surface area is 248 Å². The maximum Gasteiger partial charge on any atom is 0.413 e. The highest BCUT2D eigenvalue weighted by Crippen LogP contribution is 2.44. The molecule has 1 aliphatic carbocycles. The maximum atomic E-state index is 13.3. The van der Waals surface area contributed by atoms with Gasteiger partial charge in [-0.3, -0.25) is 15.1 Å². The Kier molecular flexibility index (Phi) is 7.14. The molecule has 41 heavy (non-hydrogen) atoms. The van der Waals surface area contributed by atoms with Crippen molar-refractivity contribution in [3.05, 3.63) is 82.2 Å². The van der Waals surface area contributed by atoms with Crippen molar-refractivity contribution in [2.45, 2.75) is 19.4 Å². The van der Waals surface area contributed by atoms with Gasteiger partial charge in [-0.15, -0.1) is 0 Å². The molecule has 0 saturated carbocycles. The molecule has 5 aromatic rings. The zero-order valence-electron chi connectivity index (χ0n) is 22.5. The van der Waals surface area contributed by atoms with E-state index in [0.717, 1.165) is 51.0 Å². The van der Waals surface area contributed by atoms with E-state index in [1.807, 2.05) is 46.8 Å². The molecule has 0 fully saturated rings. The SMILES string of the molecule is COC(=O)Nc1nc2c(s1)-c1c(c(-c3cccnc3)nn1-c1ccc(C(=O)N(C)Cc3nccn3C)cc1Br)CC2. The first-order valence-corrected chi connectivity index (χ1v) is 14.3. The topological polar surface area (TPSA) is 120 Å². The van der Waals surface area contributed by atoms with E-state index in [1.165, 1.54) is 18.4 Å². The van der Waals surface area contributed by atoms with Gasteiger partial charge in [0.1, 0.15) is 5.82 Å². The van der Waals surface area contributed by atoms with Gasteiger partial charge in [0.05, 0.1) is 41.3 Å². The summed E-state index contributed by atoms with van der Waals surface area (Å²) in [7, 11) is 4.98. The Bertz CT molecular complexity index is 1780. The Morgan fingerprint density at radius 2 is 2.07 bits per heavy atom. The Morgan fingerprint density at radius 1 is 1.22 bits per heavy atom. The van der Waals surface area contributed by atoms with E-state index in [-0.39, 0.29) is 5.91 Å². The molecular formula is C28H25BrN8O3S. The highest BCUT2D eigenvalue weighted by Gasteiger charge is 2.31. The molecule has 2 amide bonds. The van der Waals surface area contributed by atoms with Crippen LogP contribution in [0, 0.1) is 0 Å². The number of carbonyl (C=O) groups excluding carboxylic acids is 2. The van der Waals surface area contributed by atoms with E-state index in [4.69, 9.17) is 9.84 Å². The number of thiazole rings is 1. The van der Waals surface area contributed by atoms with Crippen LogP contribution in [-0.4, -0.2) is 60.4 Å². The number of benzene rings is 1. The van der Waals surface area contributed by atoms with Crippen LogP contribution in [0.25, 0.3) is 27.5 Å². The Hall–Kier alpha value is -4.36. The Morgan fingerprint density at radius 3 is 2.78 bits per heavy atom. The first-order chi connectivity index (χ1) is 19.8. The molecule has 0 radical (unpaired) electrons. The largest absolute Gasteiger partial charge is 0.453 e. The van der Waals surface area contributed by atoms with Crippen LogP contribution >= 0.6 is 27.3 Å². The van der Waals surface area contributed by atoms with Crippen LogP contribution in [0.3, 0.4) is 0 Å². The number of anilines is 1. The molecule has 4 aromatic heterocycles. The number of aryl methyl sites for hydroxylation is 2. The van der Waals surface area contributed by atoms with E-state index in [0.29, 0.717) is 28.1 Å². The average Bonchev–Trinajstić information content (AvgIpc) is 3.69. The summed E-state index contributed by atoms with van der Waals surface area (Å²) in [6.07, 6.45) is 7.96. The number of pyridine rings is 1. The second kappa shape index (κ2) is 10.9. The monoisotopic (exact) mass is 632 g/mol. The summed E-state index contributed by atoms with van der Waals surface area (Å²) in [5.74, 6) is 0.672. The summed E-state index contributed by atoms with van der Waals surface area (Å²) < 4.78 is 9.24. The molecule has 11 nitrogen and oxygen atoms in total. The van der Waals surface area contributed by atoms with Gasteiger partial charge >= 0.3 is 6.09 Å². The van der Waals surface area contributed by atoms with Crippen molar-refractivity contribution in [1.29, 1.82) is 0 Å². The lowest BCUT2D eigenvalue weighted by atomic mass is 9.95. The van der Waals surface area contributed by atoms with E-state index >= 15 is 0 Å². The zero-order chi connectivity index (χ0) is 28.7. The fourth-order valence-electron chi connectivity index (χ4n) is 4.84. The van der Waals surface area contributed by atoms with Crippen molar-refractivity contribution >= 4 is 44.4 Å². The van der Waals surface area contributed by atoms with Crippen LogP contribution in [0.15, 0.2) is 59.6 Å². The highest BCUT2D eigenvalue weighted by molar-refractivity contribution is 9.10. The van der Waals surface area contributed by atoms with Crippen molar-refractivity contribution < 1.29 is 14.3 Å². The number of carbonyl (C=O) groups is 2. The number of hydrogen-bond acceptors (Lipinski definition) is 8. The molecule has 208 valence electrons. The summed E-state index contributed by atoms with van der Waals surface area (Å²) in [4.78, 5) is 41.0. The minimum Gasteiger partial charge on any atom is -0.453 e. The van der Waals surface area contributed by atoms with Gasteiger partial charge in [0.25, 0.3) is 5.91 Å². The zero-order valence-corrected chi connectivity index (χ0v) is 24.9. The molecule has 1 aliphatic rings. The summed E-state index contributed by atoms with van der Waals surface area (Å²) in [5, 5.41) is 8.20. The van der Waals surface area contributed by atoms with E-state index in [1.54, 1.807) is 36.6 Å². The molecule has 0 saturated heterocycles. The second-order valence-electron chi connectivity index (χ2n) is 9.52. The fraction of sp³-hybridized carbons (Fsp3) is 0.214. The number of methoxy groups -OCH3 is 1. The van der Waals surface area contributed by atoms with Crippen LogP contribution in [0.2, 0.25) is 0 Å². The molecule has 0 bridgehead atoms. The second-order valence-corrected chi connectivity index (χ2v) is 11.4. The third-order valence-electron chi connectivity index (χ3n) is 6.91. The van der Waals surface area contributed by atoms with Crippen molar-refractivity contribution in [3.63, 3.8) is 0 Å². The number of amides is 2. The lowest BCUT2D eigenvalue weighted by Gasteiger charge is -2.18. The molecule has 1 aromatic carbocycles. The average molecular weight is 634 g/mol. The van der Waals surface area contributed by atoms with Gasteiger partial charge in [-0.05, 0) is 59.1 Å². The van der Waals surface area contributed by atoms with Gasteiger partial charge in [-0.1, -0.05) is 11.3 Å². The van der Waals surface area contributed by atoms with Crippen molar-refractivity contribution in [2.24, 2.45) is 7.05 Å². The highest BCUT2D eigenvalue weighted by atomic mass is 79.9. The van der Waals surface area contributed by atoms with Crippen molar-refractivity contribution in [1.82, 2.24) is 34.2 Å². The standard InChI is InChI=1S/C28H25BrN8O3S/c1-35-12-11-31-22(35)15-36(2)26(38)16-6-9-21(19(29)13-16)37-24-18(23(34-37)17-5-4-10-30-14-17)7-8-20-25(24)41-27(32-20)33-28(39)40-3/h4-6,9-14H,7-8,15H2,1-3H3,(H,32,33,39). The first-order valence-electron chi connectivity index (χ1n) is 12.7. The number of ether oxygens (including phenoxy) is 1. The van der Waals surface area contributed by atoms with Crippen LogP contribution in [-0.2, 0) is 31.2 Å². The summed E-state index contributed by atoms with van der Waals surface area (Å²) in [6.45, 7) is 0.388. The van der Waals surface area contributed by atoms with Gasteiger partial charge in [0, 0.05) is 60.0 Å². The number of halogens is 1. The van der Waals surface area contributed by atoms with Crippen LogP contribution in [0.5, 0.6) is 0 Å². The van der Waals surface area contributed by atoms with Crippen LogP contribution in [0.4, 0.5) is 9.93 Å². The number of aromatic nitrogens is 6. The fourth-order valence-corrected chi connectivity index (χ4v) is 6.44. The maximum absolute atomic E-state index is 13.3. The van der Waals surface area contributed by atoms with Crippen LogP contribution in [0.1, 0.15) is 27.4 Å². The van der Waals surface area contributed by atoms with Crippen molar-refractivity contribution in [2.75, 3.05) is 19.5 Å². The molecule has 0 unspecified atom stereocenters. The van der Waals surface area contributed by atoms with E-state index in [9.17, 15) is 9.59 Å². The minimum absolute atomic E-state index is 0.123. The molecule has 1 N–H and O–H groups in total. The number of nitrogens with zero attached hydrogens (tertiary/aromatic N) is 7. The third kappa shape index (κ3) is 5.02. The summed E-state index contributed by atoms with van der Waals surface area (Å²) in [5.41, 5.74) is 5.88. The summed E-state index contributed by atoms with van der Waals surface area (Å²) in [6, 6.07) is 9.37. The van der Waals surface area contributed by atoms with Gasteiger partial charge in [0.15, 0.2) is 5.13 Å². The van der Waals surface area contributed by atoms with Gasteiger partial charge < -0.3 is 14.2 Å². The lowest BCUT2D eigenvalue weighted by molar-refractivity contribution is 0.0780. The number of fused-ring (bicyclic) bond motifs is 3. The predicted octanol–water partition coefficient (Wildman–Crippen LogP) is 5.10. The molecular weight excluding hydrogens is 608 g/mol. The quantitative estimate of drug-likeness (QED) is 0.276. The van der Waals surface area contributed by atoms with Gasteiger partial charge in [-0.2, -0.15) is 5.10 Å². The normalized spacial score (nSPS) is 12.0. The molecule has 0 aliphatic heterocycles. The molecule has 0 spiro atoms. The minimum atomic E-state index is -0.572. The third-order valence-corrected chi connectivity index (χ3v) is 8.56. The number of rotatable bonds is 6. The molecule has 13 heteroatoms. The summed E-state index contributed by atoms with van der Waals surface area (Å²) >= 11 is 5.08. The van der Waals surface area contributed by atoms with Gasteiger partial charge in [0.2, 0.25) is 0 Å². The smallest absolute Gasteiger partial charge is 0.413 e. The lowest BCUT2D eigenvalue weighted by Crippen LogP contribution is -2.27. The number of nitrogens with one attached hydrogen (secondary N) is 1. The van der Waals surface area contributed by atoms with Crippen molar-refractivity contribution in [3.8, 4) is 27.5 Å². The predicted molar refractivity (Wildman–Crippen MR) is 158 cm³/mol.